The highest BCUT2D eigenvalue weighted by atomic mass is 16.5. The van der Waals surface area contributed by atoms with Crippen molar-refractivity contribution in [2.45, 2.75) is 57.4 Å². The molecule has 3 rings (SSSR count). The molecule has 1 N–H and O–H groups in total. The van der Waals surface area contributed by atoms with Crippen molar-refractivity contribution < 1.29 is 14.3 Å². The zero-order chi connectivity index (χ0) is 14.7. The Hall–Kier alpha value is -1.10. The van der Waals surface area contributed by atoms with Crippen molar-refractivity contribution >= 4 is 11.8 Å². The van der Waals surface area contributed by atoms with Crippen LogP contribution >= 0.6 is 0 Å². The Labute approximate surface area is 126 Å². The Kier molecular flexibility index (Phi) is 4.48. The molecule has 0 aromatic rings. The third-order valence-corrected chi connectivity index (χ3v) is 5.08. The van der Waals surface area contributed by atoms with Gasteiger partial charge in [-0.05, 0) is 25.7 Å². The van der Waals surface area contributed by atoms with Crippen LogP contribution in [0.15, 0.2) is 0 Å². The van der Waals surface area contributed by atoms with Gasteiger partial charge in [0.15, 0.2) is 0 Å². The van der Waals surface area contributed by atoms with Gasteiger partial charge in [-0.2, -0.15) is 0 Å². The number of rotatable bonds is 3. The fourth-order valence-corrected chi connectivity index (χ4v) is 3.48. The Morgan fingerprint density at radius 2 is 1.62 bits per heavy atom. The van der Waals surface area contributed by atoms with E-state index in [9.17, 15) is 9.59 Å². The van der Waals surface area contributed by atoms with E-state index in [-0.39, 0.29) is 17.9 Å². The van der Waals surface area contributed by atoms with Crippen LogP contribution in [0.4, 0.5) is 0 Å². The fraction of sp³-hybridized carbons (Fsp3) is 0.875. The highest BCUT2D eigenvalue weighted by Crippen LogP contribution is 2.47. The lowest BCUT2D eigenvalue weighted by molar-refractivity contribution is -0.147. The second-order valence-electron chi connectivity index (χ2n) is 6.65. The van der Waals surface area contributed by atoms with Crippen molar-refractivity contribution in [2.24, 2.45) is 5.41 Å². The maximum Gasteiger partial charge on any atom is 0.238 e. The van der Waals surface area contributed by atoms with E-state index in [2.05, 4.69) is 5.32 Å². The summed E-state index contributed by atoms with van der Waals surface area (Å²) < 4.78 is 5.28. The maximum absolute atomic E-state index is 12.6. The first kappa shape index (κ1) is 14.8. The molecule has 21 heavy (non-hydrogen) atoms. The van der Waals surface area contributed by atoms with E-state index >= 15 is 0 Å². The molecule has 118 valence electrons. The number of hydrogen-bond acceptors (Lipinski definition) is 3. The summed E-state index contributed by atoms with van der Waals surface area (Å²) in [6.45, 7) is 2.42. The largest absolute Gasteiger partial charge is 0.378 e. The smallest absolute Gasteiger partial charge is 0.238 e. The van der Waals surface area contributed by atoms with Crippen LogP contribution in [0.25, 0.3) is 0 Å². The molecular formula is C16H26N2O3. The zero-order valence-electron chi connectivity index (χ0n) is 12.7. The molecule has 0 bridgehead atoms. The van der Waals surface area contributed by atoms with Gasteiger partial charge in [0.25, 0.3) is 0 Å². The van der Waals surface area contributed by atoms with E-state index in [1.54, 1.807) is 0 Å². The van der Waals surface area contributed by atoms with Crippen molar-refractivity contribution in [3.63, 3.8) is 0 Å². The molecule has 2 saturated carbocycles. The minimum Gasteiger partial charge on any atom is -0.378 e. The summed E-state index contributed by atoms with van der Waals surface area (Å²) in [6, 6.07) is 0.273. The van der Waals surface area contributed by atoms with Gasteiger partial charge >= 0.3 is 0 Å². The van der Waals surface area contributed by atoms with Gasteiger partial charge in [0.05, 0.1) is 13.2 Å². The van der Waals surface area contributed by atoms with Gasteiger partial charge < -0.3 is 15.0 Å². The highest BCUT2D eigenvalue weighted by molar-refractivity contribution is 6.08. The van der Waals surface area contributed by atoms with E-state index in [4.69, 9.17) is 4.74 Å². The van der Waals surface area contributed by atoms with Crippen LogP contribution in [0, 0.1) is 5.41 Å². The lowest BCUT2D eigenvalue weighted by Gasteiger charge is -2.30. The average molecular weight is 294 g/mol. The first-order valence-corrected chi connectivity index (χ1v) is 8.40. The molecule has 2 amide bonds. The summed E-state index contributed by atoms with van der Waals surface area (Å²) in [5.74, 6) is 0.00261. The van der Waals surface area contributed by atoms with Crippen LogP contribution in [0.2, 0.25) is 0 Å². The molecule has 0 radical (unpaired) electrons. The van der Waals surface area contributed by atoms with E-state index in [1.807, 2.05) is 4.90 Å². The number of nitrogens with zero attached hydrogens (tertiary/aromatic N) is 1. The van der Waals surface area contributed by atoms with E-state index in [1.165, 1.54) is 25.7 Å². The monoisotopic (exact) mass is 294 g/mol. The quantitative estimate of drug-likeness (QED) is 0.633. The summed E-state index contributed by atoms with van der Waals surface area (Å²) in [4.78, 5) is 27.1. The molecule has 0 aromatic heterocycles. The second-order valence-corrected chi connectivity index (χ2v) is 6.65. The van der Waals surface area contributed by atoms with Gasteiger partial charge in [0, 0.05) is 19.1 Å². The van der Waals surface area contributed by atoms with Crippen molar-refractivity contribution in [3.8, 4) is 0 Å². The molecule has 0 aromatic carbocycles. The molecule has 1 aliphatic heterocycles. The molecule has 3 aliphatic rings. The van der Waals surface area contributed by atoms with Gasteiger partial charge in [-0.15, -0.1) is 0 Å². The summed E-state index contributed by atoms with van der Waals surface area (Å²) in [7, 11) is 0. The lowest BCUT2D eigenvalue weighted by atomic mass is 10.0. The number of amides is 2. The SMILES string of the molecule is O=C(NC1CCCCCC1)C1(C(=O)N2CCOCC2)CC1. The molecule has 0 spiro atoms. The summed E-state index contributed by atoms with van der Waals surface area (Å²) in [5.41, 5.74) is -0.746. The predicted molar refractivity (Wildman–Crippen MR) is 78.7 cm³/mol. The van der Waals surface area contributed by atoms with E-state index in [0.29, 0.717) is 39.1 Å². The van der Waals surface area contributed by atoms with E-state index < -0.39 is 5.41 Å². The molecule has 1 saturated heterocycles. The molecule has 3 fully saturated rings. The van der Waals surface area contributed by atoms with Crippen LogP contribution in [-0.2, 0) is 14.3 Å². The Morgan fingerprint density at radius 1 is 1.00 bits per heavy atom. The summed E-state index contributed by atoms with van der Waals surface area (Å²) >= 11 is 0. The molecule has 0 atom stereocenters. The predicted octanol–water partition coefficient (Wildman–Crippen LogP) is 1.46. The minimum atomic E-state index is -0.746. The topological polar surface area (TPSA) is 58.6 Å². The number of morpholine rings is 1. The van der Waals surface area contributed by atoms with Gasteiger partial charge in [0.1, 0.15) is 5.41 Å². The van der Waals surface area contributed by atoms with Gasteiger partial charge in [-0.25, -0.2) is 0 Å². The average Bonchev–Trinajstić information content (AvgIpc) is 3.33. The summed E-state index contributed by atoms with van der Waals surface area (Å²) in [6.07, 6.45) is 8.46. The van der Waals surface area contributed by atoms with Gasteiger partial charge in [0.2, 0.25) is 11.8 Å². The van der Waals surface area contributed by atoms with Crippen LogP contribution in [0.5, 0.6) is 0 Å². The Morgan fingerprint density at radius 3 is 2.19 bits per heavy atom. The molecule has 5 heteroatoms. The van der Waals surface area contributed by atoms with Gasteiger partial charge in [-0.1, -0.05) is 25.7 Å². The molecule has 5 nitrogen and oxygen atoms in total. The molecule has 1 heterocycles. The number of carbonyl (C=O) groups excluding carboxylic acids is 2. The number of ether oxygens (including phenoxy) is 1. The zero-order valence-corrected chi connectivity index (χ0v) is 12.7. The van der Waals surface area contributed by atoms with Crippen LogP contribution in [-0.4, -0.2) is 49.1 Å². The standard InChI is InChI=1S/C16H26N2O3/c19-14(17-13-5-3-1-2-4-6-13)16(7-8-16)15(20)18-9-11-21-12-10-18/h13H,1-12H2,(H,17,19). The lowest BCUT2D eigenvalue weighted by Crippen LogP contribution is -2.50. The number of carbonyl (C=O) groups is 2. The minimum absolute atomic E-state index is 0.0223. The Bertz CT molecular complexity index is 392. The van der Waals surface area contributed by atoms with Crippen molar-refractivity contribution in [3.05, 3.63) is 0 Å². The van der Waals surface area contributed by atoms with Crippen LogP contribution in [0.3, 0.4) is 0 Å². The fourth-order valence-electron chi connectivity index (χ4n) is 3.48. The van der Waals surface area contributed by atoms with Crippen molar-refractivity contribution in [1.82, 2.24) is 10.2 Å². The number of hydrogen-bond donors (Lipinski definition) is 1. The van der Waals surface area contributed by atoms with Gasteiger partial charge in [-0.3, -0.25) is 9.59 Å². The molecule has 0 unspecified atom stereocenters. The first-order valence-electron chi connectivity index (χ1n) is 8.40. The Balaban J connectivity index is 1.58. The van der Waals surface area contributed by atoms with Crippen molar-refractivity contribution in [2.75, 3.05) is 26.3 Å². The van der Waals surface area contributed by atoms with Crippen LogP contribution < -0.4 is 5.32 Å². The highest BCUT2D eigenvalue weighted by Gasteiger charge is 2.58. The summed E-state index contributed by atoms with van der Waals surface area (Å²) in [5, 5.41) is 3.16. The molecular weight excluding hydrogens is 268 g/mol. The van der Waals surface area contributed by atoms with Crippen molar-refractivity contribution in [1.29, 1.82) is 0 Å². The third kappa shape index (κ3) is 3.23. The second kappa shape index (κ2) is 6.34. The normalized spacial score (nSPS) is 26.0. The first-order chi connectivity index (χ1) is 10.2. The van der Waals surface area contributed by atoms with E-state index in [0.717, 1.165) is 12.8 Å². The molecule has 2 aliphatic carbocycles. The number of nitrogens with one attached hydrogen (secondary N) is 1. The maximum atomic E-state index is 12.6. The third-order valence-electron chi connectivity index (χ3n) is 5.08. The van der Waals surface area contributed by atoms with Crippen LogP contribution in [0.1, 0.15) is 51.4 Å².